The monoisotopic (exact) mass is 358 g/mol. The fraction of sp³-hybridized carbons (Fsp3) is 0.235. The van der Waals surface area contributed by atoms with Gasteiger partial charge in [-0.2, -0.15) is 0 Å². The maximum atomic E-state index is 13.1. The van der Waals surface area contributed by atoms with Crippen LogP contribution < -0.4 is 4.74 Å². The van der Waals surface area contributed by atoms with E-state index in [1.54, 1.807) is 19.1 Å². The summed E-state index contributed by atoms with van der Waals surface area (Å²) in [5.41, 5.74) is 1.65. The minimum Gasteiger partial charge on any atom is -0.486 e. The molecule has 1 rings (SSSR count). The Bertz CT molecular complexity index is 641. The van der Waals surface area contributed by atoms with E-state index in [-0.39, 0.29) is 22.4 Å². The molecule has 0 saturated carbocycles. The van der Waals surface area contributed by atoms with Gasteiger partial charge in [0.1, 0.15) is 12.4 Å². The Morgan fingerprint density at radius 3 is 2.43 bits per heavy atom. The Morgan fingerprint density at radius 1 is 1.26 bits per heavy atom. The van der Waals surface area contributed by atoms with Gasteiger partial charge in [-0.3, -0.25) is 0 Å². The third-order valence-electron chi connectivity index (χ3n) is 2.69. The Kier molecular flexibility index (Phi) is 7.86. The molecule has 0 bridgehead atoms. The van der Waals surface area contributed by atoms with Crippen LogP contribution in [0.1, 0.15) is 13.8 Å². The average molecular weight is 359 g/mol. The average Bonchev–Trinajstić information content (AvgIpc) is 2.45. The molecule has 0 atom stereocenters. The summed E-state index contributed by atoms with van der Waals surface area (Å²) < 4.78 is 23.1. The molecule has 1 aromatic rings. The topological polar surface area (TPSA) is 35.5 Å². The predicted molar refractivity (Wildman–Crippen MR) is 90.6 cm³/mol. The largest absolute Gasteiger partial charge is 0.486 e. The summed E-state index contributed by atoms with van der Waals surface area (Å²) in [6, 6.07) is 2.28. The number of methoxy groups -OCH3 is 1. The van der Waals surface area contributed by atoms with Gasteiger partial charge in [-0.25, -0.2) is 9.18 Å². The van der Waals surface area contributed by atoms with Crippen LogP contribution in [-0.2, 0) is 9.53 Å². The van der Waals surface area contributed by atoms with E-state index >= 15 is 0 Å². The van der Waals surface area contributed by atoms with E-state index in [4.69, 9.17) is 27.9 Å². The van der Waals surface area contributed by atoms with Crippen LogP contribution in [0.15, 0.2) is 47.6 Å². The first-order valence-electron chi connectivity index (χ1n) is 6.71. The first-order chi connectivity index (χ1) is 10.8. The van der Waals surface area contributed by atoms with Crippen molar-refractivity contribution in [2.75, 3.05) is 13.7 Å². The Labute approximate surface area is 145 Å². The molecular formula is C17H17Cl2FO3. The molecule has 0 aliphatic carbocycles. The van der Waals surface area contributed by atoms with Crippen LogP contribution in [0.25, 0.3) is 0 Å². The van der Waals surface area contributed by atoms with Crippen molar-refractivity contribution >= 4 is 29.2 Å². The SMILES string of the molecule is COC(=O)/C=C(C)/C=C/C=C(\C)COc1c(Cl)cc(F)cc1Cl. The Hall–Kier alpha value is -1.78. The molecular weight excluding hydrogens is 342 g/mol. The third-order valence-corrected chi connectivity index (χ3v) is 3.26. The quantitative estimate of drug-likeness (QED) is 0.401. The van der Waals surface area contributed by atoms with Crippen LogP contribution in [0.2, 0.25) is 10.0 Å². The van der Waals surface area contributed by atoms with E-state index in [0.29, 0.717) is 0 Å². The Balaban J connectivity index is 2.65. The summed E-state index contributed by atoms with van der Waals surface area (Å²) in [7, 11) is 1.32. The van der Waals surface area contributed by atoms with Crippen molar-refractivity contribution < 1.29 is 18.7 Å². The molecule has 23 heavy (non-hydrogen) atoms. The van der Waals surface area contributed by atoms with E-state index < -0.39 is 11.8 Å². The van der Waals surface area contributed by atoms with Crippen molar-refractivity contribution in [3.05, 3.63) is 63.4 Å². The summed E-state index contributed by atoms with van der Waals surface area (Å²) in [5, 5.41) is 0.241. The minimum absolute atomic E-state index is 0.121. The zero-order valence-electron chi connectivity index (χ0n) is 13.0. The number of ether oxygens (including phenoxy) is 2. The molecule has 0 amide bonds. The number of allylic oxidation sites excluding steroid dienone is 4. The molecule has 0 fully saturated rings. The van der Waals surface area contributed by atoms with E-state index in [0.717, 1.165) is 23.3 Å². The van der Waals surface area contributed by atoms with E-state index in [9.17, 15) is 9.18 Å². The summed E-state index contributed by atoms with van der Waals surface area (Å²) in [6.45, 7) is 3.88. The number of benzene rings is 1. The fourth-order valence-corrected chi connectivity index (χ4v) is 2.13. The lowest BCUT2D eigenvalue weighted by Gasteiger charge is -2.10. The van der Waals surface area contributed by atoms with Crippen molar-refractivity contribution in [2.24, 2.45) is 0 Å². The lowest BCUT2D eigenvalue weighted by atomic mass is 10.2. The first kappa shape index (κ1) is 19.3. The summed E-state index contributed by atoms with van der Waals surface area (Å²) >= 11 is 11.8. The lowest BCUT2D eigenvalue weighted by molar-refractivity contribution is -0.134. The molecule has 0 aliphatic rings. The molecule has 0 radical (unpaired) electrons. The highest BCUT2D eigenvalue weighted by atomic mass is 35.5. The number of esters is 1. The number of halogens is 3. The molecule has 0 N–H and O–H groups in total. The molecule has 124 valence electrons. The normalized spacial score (nSPS) is 12.6. The van der Waals surface area contributed by atoms with Crippen molar-refractivity contribution in [1.82, 2.24) is 0 Å². The summed E-state index contributed by atoms with van der Waals surface area (Å²) in [4.78, 5) is 11.0. The second-order valence-electron chi connectivity index (χ2n) is 4.77. The van der Waals surface area contributed by atoms with E-state index in [1.165, 1.54) is 13.2 Å². The maximum absolute atomic E-state index is 13.1. The number of carbonyl (C=O) groups excluding carboxylic acids is 1. The maximum Gasteiger partial charge on any atom is 0.330 e. The van der Waals surface area contributed by atoms with Gasteiger partial charge in [0.2, 0.25) is 0 Å². The van der Waals surface area contributed by atoms with Crippen LogP contribution in [0.3, 0.4) is 0 Å². The predicted octanol–water partition coefficient (Wildman–Crippen LogP) is 5.13. The van der Waals surface area contributed by atoms with Gasteiger partial charge in [-0.1, -0.05) is 41.4 Å². The highest BCUT2D eigenvalue weighted by molar-refractivity contribution is 6.37. The Morgan fingerprint density at radius 2 is 1.87 bits per heavy atom. The van der Waals surface area contributed by atoms with Gasteiger partial charge in [0.15, 0.2) is 5.75 Å². The number of carbonyl (C=O) groups is 1. The summed E-state index contributed by atoms with van der Waals surface area (Å²) in [6.07, 6.45) is 6.74. The zero-order valence-corrected chi connectivity index (χ0v) is 14.5. The van der Waals surface area contributed by atoms with Crippen LogP contribution in [0, 0.1) is 5.82 Å². The van der Waals surface area contributed by atoms with Crippen molar-refractivity contribution in [1.29, 1.82) is 0 Å². The lowest BCUT2D eigenvalue weighted by Crippen LogP contribution is -2.00. The van der Waals surface area contributed by atoms with Crippen molar-refractivity contribution in [2.45, 2.75) is 13.8 Å². The van der Waals surface area contributed by atoms with Crippen molar-refractivity contribution in [3.8, 4) is 5.75 Å². The second-order valence-corrected chi connectivity index (χ2v) is 5.59. The number of rotatable bonds is 6. The van der Waals surface area contributed by atoms with Crippen LogP contribution in [0.4, 0.5) is 4.39 Å². The number of hydrogen-bond acceptors (Lipinski definition) is 3. The summed E-state index contributed by atoms with van der Waals surface area (Å²) in [5.74, 6) is -0.680. The first-order valence-corrected chi connectivity index (χ1v) is 7.46. The molecule has 0 heterocycles. The molecule has 1 aromatic carbocycles. The van der Waals surface area contributed by atoms with Gasteiger partial charge in [0.05, 0.1) is 17.2 Å². The van der Waals surface area contributed by atoms with E-state index in [2.05, 4.69) is 4.74 Å². The van der Waals surface area contributed by atoms with Crippen LogP contribution in [0.5, 0.6) is 5.75 Å². The smallest absolute Gasteiger partial charge is 0.330 e. The number of hydrogen-bond donors (Lipinski definition) is 0. The zero-order chi connectivity index (χ0) is 17.4. The molecule has 3 nitrogen and oxygen atoms in total. The molecule has 0 unspecified atom stereocenters. The van der Waals surface area contributed by atoms with Gasteiger partial charge in [0, 0.05) is 6.08 Å². The van der Waals surface area contributed by atoms with E-state index in [1.807, 2.05) is 13.0 Å². The second kappa shape index (κ2) is 9.38. The standard InChI is InChI=1S/C17H17Cl2FO3/c1-11(7-16(21)22-3)5-4-6-12(2)10-23-17-14(18)8-13(20)9-15(17)19/h4-9H,10H2,1-3H3/b5-4+,11-7+,12-6+. The minimum atomic E-state index is -0.518. The van der Waals surface area contributed by atoms with Gasteiger partial charge in [0.25, 0.3) is 0 Å². The molecule has 0 saturated heterocycles. The van der Waals surface area contributed by atoms with Gasteiger partial charge < -0.3 is 9.47 Å². The van der Waals surface area contributed by atoms with Gasteiger partial charge in [-0.15, -0.1) is 0 Å². The molecule has 6 heteroatoms. The molecule has 0 aromatic heterocycles. The fourth-order valence-electron chi connectivity index (χ4n) is 1.56. The van der Waals surface area contributed by atoms with Crippen LogP contribution in [-0.4, -0.2) is 19.7 Å². The highest BCUT2D eigenvalue weighted by Gasteiger charge is 2.09. The van der Waals surface area contributed by atoms with Gasteiger partial charge in [-0.05, 0) is 37.1 Å². The third kappa shape index (κ3) is 6.89. The highest BCUT2D eigenvalue weighted by Crippen LogP contribution is 2.33. The van der Waals surface area contributed by atoms with Crippen LogP contribution >= 0.6 is 23.2 Å². The molecule has 0 aliphatic heterocycles. The molecule has 0 spiro atoms. The van der Waals surface area contributed by atoms with Gasteiger partial charge >= 0.3 is 5.97 Å². The van der Waals surface area contributed by atoms with Crippen molar-refractivity contribution in [3.63, 3.8) is 0 Å².